The van der Waals surface area contributed by atoms with Crippen molar-refractivity contribution in [1.82, 2.24) is 9.55 Å². The third-order valence-electron chi connectivity index (χ3n) is 5.67. The third kappa shape index (κ3) is 3.97. The number of hydrogen-bond acceptors (Lipinski definition) is 6. The molecule has 2 fully saturated rings. The van der Waals surface area contributed by atoms with Crippen molar-refractivity contribution in [3.63, 3.8) is 0 Å². The SMILES string of the molecule is CC1(C)OC2[C@@H](CO[Si](C)(C)C(C)(C)C)O[C@@H](n3ccc(=O)[nH]c3=O)[C@H]2O1. The summed E-state index contributed by atoms with van der Waals surface area (Å²) in [5.74, 6) is -0.779. The molecule has 0 bridgehead atoms. The highest BCUT2D eigenvalue weighted by molar-refractivity contribution is 6.74. The van der Waals surface area contributed by atoms with Crippen molar-refractivity contribution in [3.05, 3.63) is 33.1 Å². The van der Waals surface area contributed by atoms with E-state index in [1.165, 1.54) is 16.8 Å². The summed E-state index contributed by atoms with van der Waals surface area (Å²) in [6.45, 7) is 14.9. The summed E-state index contributed by atoms with van der Waals surface area (Å²) in [5.41, 5.74) is -0.988. The molecule has 3 rings (SSSR count). The molecule has 2 saturated heterocycles. The average Bonchev–Trinajstić information content (AvgIpc) is 2.98. The topological polar surface area (TPSA) is 91.8 Å². The Kier molecular flexibility index (Phi) is 5.05. The second-order valence-corrected chi connectivity index (χ2v) is 14.0. The van der Waals surface area contributed by atoms with E-state index < -0.39 is 37.7 Å². The molecule has 152 valence electrons. The molecule has 27 heavy (non-hydrogen) atoms. The van der Waals surface area contributed by atoms with Gasteiger partial charge in [-0.15, -0.1) is 0 Å². The van der Waals surface area contributed by atoms with Crippen LogP contribution in [0.15, 0.2) is 21.9 Å². The molecular weight excluding hydrogens is 368 g/mol. The van der Waals surface area contributed by atoms with Crippen molar-refractivity contribution >= 4 is 8.32 Å². The largest absolute Gasteiger partial charge is 0.414 e. The molecule has 1 unspecified atom stereocenters. The molecule has 1 aromatic heterocycles. The van der Waals surface area contributed by atoms with Crippen LogP contribution in [0.25, 0.3) is 0 Å². The standard InChI is InChI=1S/C18H30N2O6Si/c1-17(2,3)27(6,7)23-10-11-13-14(26-18(4,5)25-13)15(24-11)20-9-8-12(21)19-16(20)22/h8-9,11,13-15H,10H2,1-7H3,(H,19,21,22)/t11-,13?,14+,15-/m1/s1. The lowest BCUT2D eigenvalue weighted by Crippen LogP contribution is -2.44. The number of fused-ring (bicyclic) bond motifs is 1. The van der Waals surface area contributed by atoms with E-state index in [1.807, 2.05) is 13.8 Å². The van der Waals surface area contributed by atoms with Gasteiger partial charge in [-0.1, -0.05) is 20.8 Å². The molecule has 3 heterocycles. The first-order valence-electron chi connectivity index (χ1n) is 9.27. The van der Waals surface area contributed by atoms with Gasteiger partial charge in [0, 0.05) is 12.3 Å². The highest BCUT2D eigenvalue weighted by Gasteiger charge is 2.56. The number of nitrogens with zero attached hydrogens (tertiary/aromatic N) is 1. The van der Waals surface area contributed by atoms with Crippen LogP contribution in [0.2, 0.25) is 18.1 Å². The molecule has 0 amide bonds. The van der Waals surface area contributed by atoms with Crippen molar-refractivity contribution in [1.29, 1.82) is 0 Å². The fraction of sp³-hybridized carbons (Fsp3) is 0.778. The highest BCUT2D eigenvalue weighted by atomic mass is 28.4. The van der Waals surface area contributed by atoms with E-state index in [0.717, 1.165) is 0 Å². The molecule has 2 aliphatic heterocycles. The quantitative estimate of drug-likeness (QED) is 0.780. The predicted octanol–water partition coefficient (Wildman–Crippen LogP) is 1.98. The number of rotatable bonds is 4. The molecule has 0 aromatic carbocycles. The molecule has 1 aromatic rings. The predicted molar refractivity (Wildman–Crippen MR) is 102 cm³/mol. The zero-order valence-electron chi connectivity index (χ0n) is 17.1. The summed E-state index contributed by atoms with van der Waals surface area (Å²) in [6.07, 6.45) is -0.441. The monoisotopic (exact) mass is 398 g/mol. The van der Waals surface area contributed by atoms with Crippen molar-refractivity contribution in [2.75, 3.05) is 6.61 Å². The Labute approximate surface area is 159 Å². The number of hydrogen-bond donors (Lipinski definition) is 1. The third-order valence-corrected chi connectivity index (χ3v) is 10.2. The maximum atomic E-state index is 12.2. The van der Waals surface area contributed by atoms with Gasteiger partial charge in [-0.25, -0.2) is 4.79 Å². The zero-order valence-corrected chi connectivity index (χ0v) is 18.1. The van der Waals surface area contributed by atoms with Gasteiger partial charge in [-0.05, 0) is 32.0 Å². The van der Waals surface area contributed by atoms with E-state index in [4.69, 9.17) is 18.6 Å². The van der Waals surface area contributed by atoms with Crippen molar-refractivity contribution < 1.29 is 18.6 Å². The van der Waals surface area contributed by atoms with Crippen LogP contribution in [0, 0.1) is 0 Å². The van der Waals surface area contributed by atoms with Crippen molar-refractivity contribution in [2.45, 2.75) is 83.1 Å². The van der Waals surface area contributed by atoms with Crippen LogP contribution in [-0.4, -0.2) is 48.6 Å². The molecule has 1 N–H and O–H groups in total. The first-order valence-corrected chi connectivity index (χ1v) is 12.2. The highest BCUT2D eigenvalue weighted by Crippen LogP contribution is 2.43. The molecule has 9 heteroatoms. The molecule has 0 saturated carbocycles. The molecule has 0 spiro atoms. The van der Waals surface area contributed by atoms with Gasteiger partial charge >= 0.3 is 5.69 Å². The van der Waals surface area contributed by atoms with E-state index in [9.17, 15) is 9.59 Å². The molecule has 4 atom stereocenters. The Morgan fingerprint density at radius 1 is 1.22 bits per heavy atom. The van der Waals surface area contributed by atoms with Crippen molar-refractivity contribution in [3.8, 4) is 0 Å². The number of nitrogens with one attached hydrogen (secondary N) is 1. The summed E-state index contributed by atoms with van der Waals surface area (Å²) in [5, 5.41) is 0.0760. The van der Waals surface area contributed by atoms with Crippen LogP contribution < -0.4 is 11.2 Å². The lowest BCUT2D eigenvalue weighted by molar-refractivity contribution is -0.200. The summed E-state index contributed by atoms with van der Waals surface area (Å²) in [4.78, 5) is 25.9. The minimum Gasteiger partial charge on any atom is -0.414 e. The van der Waals surface area contributed by atoms with Gasteiger partial charge in [0.1, 0.15) is 18.3 Å². The molecule has 2 aliphatic rings. The van der Waals surface area contributed by atoms with E-state index in [0.29, 0.717) is 6.61 Å². The van der Waals surface area contributed by atoms with Crippen LogP contribution in [0.4, 0.5) is 0 Å². The summed E-state index contributed by atoms with van der Waals surface area (Å²) >= 11 is 0. The fourth-order valence-corrected chi connectivity index (χ4v) is 4.17. The number of aromatic amines is 1. The van der Waals surface area contributed by atoms with Crippen LogP contribution in [0.3, 0.4) is 0 Å². The Bertz CT molecular complexity index is 809. The van der Waals surface area contributed by atoms with E-state index in [-0.39, 0.29) is 17.2 Å². The number of H-pyrrole nitrogens is 1. The Balaban J connectivity index is 1.84. The molecular formula is C18H30N2O6Si. The van der Waals surface area contributed by atoms with E-state index in [1.54, 1.807) is 0 Å². The van der Waals surface area contributed by atoms with Gasteiger partial charge in [0.2, 0.25) is 0 Å². The van der Waals surface area contributed by atoms with Gasteiger partial charge in [-0.2, -0.15) is 0 Å². The summed E-state index contributed by atoms with van der Waals surface area (Å²) in [6, 6.07) is 1.29. The Morgan fingerprint density at radius 3 is 2.44 bits per heavy atom. The van der Waals surface area contributed by atoms with Crippen LogP contribution in [0.5, 0.6) is 0 Å². The number of ether oxygens (including phenoxy) is 3. The van der Waals surface area contributed by atoms with E-state index in [2.05, 4.69) is 38.8 Å². The molecule has 0 aliphatic carbocycles. The van der Waals surface area contributed by atoms with Gasteiger partial charge in [-0.3, -0.25) is 14.3 Å². The van der Waals surface area contributed by atoms with Gasteiger partial charge in [0.15, 0.2) is 20.3 Å². The fourth-order valence-electron chi connectivity index (χ4n) is 3.15. The normalized spacial score (nSPS) is 30.5. The first-order chi connectivity index (χ1) is 12.3. The molecule has 0 radical (unpaired) electrons. The minimum atomic E-state index is -1.96. The Hall–Kier alpha value is -1.26. The van der Waals surface area contributed by atoms with Crippen LogP contribution in [-0.2, 0) is 18.6 Å². The van der Waals surface area contributed by atoms with Gasteiger partial charge in [0.25, 0.3) is 5.56 Å². The van der Waals surface area contributed by atoms with Crippen LogP contribution in [0.1, 0.15) is 40.8 Å². The maximum absolute atomic E-state index is 12.2. The second-order valence-electron chi connectivity index (χ2n) is 9.22. The second kappa shape index (κ2) is 6.66. The lowest BCUT2D eigenvalue weighted by atomic mass is 10.1. The van der Waals surface area contributed by atoms with Crippen molar-refractivity contribution in [2.24, 2.45) is 0 Å². The van der Waals surface area contributed by atoms with Gasteiger partial charge in [0.05, 0.1) is 6.61 Å². The summed E-state index contributed by atoms with van der Waals surface area (Å²) in [7, 11) is -1.96. The number of aromatic nitrogens is 2. The average molecular weight is 399 g/mol. The first kappa shape index (κ1) is 20.5. The molecule has 8 nitrogen and oxygen atoms in total. The summed E-state index contributed by atoms with van der Waals surface area (Å²) < 4.78 is 25.9. The maximum Gasteiger partial charge on any atom is 0.330 e. The van der Waals surface area contributed by atoms with Crippen LogP contribution >= 0.6 is 0 Å². The minimum absolute atomic E-state index is 0.0760. The zero-order chi connectivity index (χ0) is 20.2. The lowest BCUT2D eigenvalue weighted by Gasteiger charge is -2.37. The van der Waals surface area contributed by atoms with Gasteiger partial charge < -0.3 is 18.6 Å². The Morgan fingerprint density at radius 2 is 1.85 bits per heavy atom. The smallest absolute Gasteiger partial charge is 0.330 e. The van der Waals surface area contributed by atoms with E-state index >= 15 is 0 Å².